The molecular formula is C65H78N2. The number of allylic oxidation sites excluding steroid dienone is 21. The first kappa shape index (κ1) is 42.0. The quantitative estimate of drug-likeness (QED) is 0.245. The lowest BCUT2D eigenvalue weighted by atomic mass is 9.56. The third-order valence-corrected chi connectivity index (χ3v) is 21.1. The van der Waals surface area contributed by atoms with E-state index >= 15 is 0 Å². The van der Waals surface area contributed by atoms with Gasteiger partial charge in [0.15, 0.2) is 0 Å². The molecule has 0 saturated carbocycles. The van der Waals surface area contributed by atoms with Crippen molar-refractivity contribution in [3.05, 3.63) is 165 Å². The third kappa shape index (κ3) is 6.55. The van der Waals surface area contributed by atoms with Gasteiger partial charge in [-0.2, -0.15) is 0 Å². The van der Waals surface area contributed by atoms with Crippen LogP contribution in [0.5, 0.6) is 0 Å². The van der Waals surface area contributed by atoms with Crippen LogP contribution in [0.25, 0.3) is 0 Å². The summed E-state index contributed by atoms with van der Waals surface area (Å²) < 4.78 is 0. The van der Waals surface area contributed by atoms with Gasteiger partial charge in [0, 0.05) is 52.7 Å². The first-order valence-electron chi connectivity index (χ1n) is 28.5. The van der Waals surface area contributed by atoms with Crippen molar-refractivity contribution < 1.29 is 0 Å². The standard InChI is InChI=1S/C65H78N2/c1-3-21-44(22-4-1)66(46-37-39-53-51-28-10-9-26-49(51)50-27-11-12-29-52(50)57(53)41-46)47-38-40-55-54-30-13-15-32-58(54)65(61(55)42-47)59-33-16-14-31-56(59)64-60(65)34-18-36-63(64)67(45-23-5-2-6-24-45)62-35-17-20-43-19-7-8-25-48(43)62/h1,3,5,7,12-13,15,17,19-20,23-24,29-30,32,36,39,44,46-47,50,52,54,57-58,60,62,64H,2,4,6,8-11,14,16,18,21-22,25-28,31,33-35,37-38,40-42H2. The van der Waals surface area contributed by atoms with Gasteiger partial charge in [-0.1, -0.05) is 125 Å². The fourth-order valence-corrected chi connectivity index (χ4v) is 18.9. The fourth-order valence-electron chi connectivity index (χ4n) is 18.9. The Bertz CT molecular complexity index is 2500. The Labute approximate surface area is 404 Å². The topological polar surface area (TPSA) is 6.48 Å². The highest BCUT2D eigenvalue weighted by molar-refractivity contribution is 5.57. The summed E-state index contributed by atoms with van der Waals surface area (Å²) in [6.07, 6.45) is 76.5. The van der Waals surface area contributed by atoms with Crippen LogP contribution in [0, 0.1) is 46.8 Å². The molecule has 0 radical (unpaired) electrons. The molecule has 12 unspecified atom stereocenters. The van der Waals surface area contributed by atoms with Gasteiger partial charge in [0.2, 0.25) is 0 Å². The molecule has 0 saturated heterocycles. The molecule has 0 aromatic rings. The molecule has 0 fully saturated rings. The minimum Gasteiger partial charge on any atom is -0.338 e. The maximum Gasteiger partial charge on any atom is 0.0591 e. The van der Waals surface area contributed by atoms with Gasteiger partial charge in [0.1, 0.15) is 0 Å². The van der Waals surface area contributed by atoms with Crippen molar-refractivity contribution in [2.75, 3.05) is 0 Å². The molecule has 0 N–H and O–H groups in total. The molecule has 0 amide bonds. The number of nitrogens with zero attached hydrogens (tertiary/aromatic N) is 2. The average molecular weight is 887 g/mol. The van der Waals surface area contributed by atoms with Gasteiger partial charge < -0.3 is 4.90 Å². The summed E-state index contributed by atoms with van der Waals surface area (Å²) in [5.74, 6) is 4.62. The molecule has 12 atom stereocenters. The summed E-state index contributed by atoms with van der Waals surface area (Å²) in [6, 6.07) is 2.40. The average Bonchev–Trinajstić information content (AvgIpc) is 3.87. The van der Waals surface area contributed by atoms with Crippen LogP contribution < -0.4 is 0 Å². The lowest BCUT2D eigenvalue weighted by Crippen LogP contribution is -2.53. The summed E-state index contributed by atoms with van der Waals surface area (Å²) >= 11 is 0. The lowest BCUT2D eigenvalue weighted by molar-refractivity contribution is 0.0396. The van der Waals surface area contributed by atoms with E-state index in [2.05, 4.69) is 113 Å². The van der Waals surface area contributed by atoms with E-state index in [0.29, 0.717) is 47.8 Å². The number of fused-ring (bicyclic) bond motifs is 13. The molecule has 348 valence electrons. The highest BCUT2D eigenvalue weighted by Crippen LogP contribution is 2.73. The van der Waals surface area contributed by atoms with Crippen molar-refractivity contribution in [2.45, 2.75) is 185 Å². The van der Waals surface area contributed by atoms with Crippen molar-refractivity contribution >= 4 is 0 Å². The fraction of sp³-hybridized carbons (Fsp3) is 0.569. The second-order valence-electron chi connectivity index (χ2n) is 23.8. The van der Waals surface area contributed by atoms with E-state index in [0.717, 1.165) is 30.6 Å². The number of hydrogen-bond acceptors (Lipinski definition) is 2. The summed E-state index contributed by atoms with van der Waals surface area (Å²) in [4.78, 5) is 6.28. The van der Waals surface area contributed by atoms with E-state index in [9.17, 15) is 0 Å². The molecule has 14 rings (SSSR count). The second-order valence-corrected chi connectivity index (χ2v) is 23.8. The normalized spacial score (nSPS) is 40.2. The van der Waals surface area contributed by atoms with Gasteiger partial charge in [0.05, 0.1) is 6.04 Å². The molecule has 0 aromatic carbocycles. The molecule has 14 aliphatic rings. The zero-order valence-corrected chi connectivity index (χ0v) is 40.7. The van der Waals surface area contributed by atoms with Crippen LogP contribution in [0.15, 0.2) is 165 Å². The molecular weight excluding hydrogens is 809 g/mol. The van der Waals surface area contributed by atoms with Crippen LogP contribution in [-0.4, -0.2) is 34.0 Å². The van der Waals surface area contributed by atoms with Crippen molar-refractivity contribution in [3.8, 4) is 0 Å². The van der Waals surface area contributed by atoms with E-state index in [4.69, 9.17) is 0 Å². The van der Waals surface area contributed by atoms with Crippen molar-refractivity contribution in [1.82, 2.24) is 9.80 Å². The SMILES string of the molecule is C1=CC2C3=C(CC(N(C4CC=CCC4)C4CC=C5C6=C(CCCC6)C6CCC=CC6C5C4)CC3)C3(C4=C(CCCC4)C4C(N(C5=CCCC=C5)C5CC=CC6=C5CCC=C6)=CCCC43)C2C=C1. The highest BCUT2D eigenvalue weighted by Gasteiger charge is 2.65. The molecule has 0 aromatic heterocycles. The van der Waals surface area contributed by atoms with Crippen LogP contribution in [0.3, 0.4) is 0 Å². The predicted octanol–water partition coefficient (Wildman–Crippen LogP) is 16.1. The Hall–Kier alpha value is -3.88. The first-order valence-corrected chi connectivity index (χ1v) is 28.5. The Morgan fingerprint density at radius 1 is 0.537 bits per heavy atom. The summed E-state index contributed by atoms with van der Waals surface area (Å²) in [7, 11) is 0. The van der Waals surface area contributed by atoms with Crippen LogP contribution >= 0.6 is 0 Å². The van der Waals surface area contributed by atoms with E-state index < -0.39 is 0 Å². The molecule has 0 bridgehead atoms. The number of rotatable bonds is 6. The molecule has 0 heterocycles. The monoisotopic (exact) mass is 887 g/mol. The van der Waals surface area contributed by atoms with Crippen molar-refractivity contribution in [2.24, 2.45) is 46.8 Å². The van der Waals surface area contributed by atoms with E-state index in [-0.39, 0.29) is 5.41 Å². The summed E-state index contributed by atoms with van der Waals surface area (Å²) in [6.45, 7) is 0. The summed E-state index contributed by atoms with van der Waals surface area (Å²) in [5, 5.41) is 0. The van der Waals surface area contributed by atoms with Crippen molar-refractivity contribution in [3.63, 3.8) is 0 Å². The van der Waals surface area contributed by atoms with E-state index in [1.165, 1.54) is 159 Å². The molecule has 0 aliphatic heterocycles. The predicted molar refractivity (Wildman–Crippen MR) is 277 cm³/mol. The minimum absolute atomic E-state index is 0.165. The number of hydrogen-bond donors (Lipinski definition) is 0. The van der Waals surface area contributed by atoms with Crippen LogP contribution in [0.4, 0.5) is 0 Å². The molecule has 14 aliphatic carbocycles. The van der Waals surface area contributed by atoms with Crippen molar-refractivity contribution in [1.29, 1.82) is 0 Å². The van der Waals surface area contributed by atoms with Gasteiger partial charge >= 0.3 is 0 Å². The highest BCUT2D eigenvalue weighted by atomic mass is 15.2. The molecule has 2 nitrogen and oxygen atoms in total. The van der Waals surface area contributed by atoms with Crippen LogP contribution in [-0.2, 0) is 0 Å². The van der Waals surface area contributed by atoms with Gasteiger partial charge in [0.25, 0.3) is 0 Å². The van der Waals surface area contributed by atoms with Gasteiger partial charge in [-0.25, -0.2) is 0 Å². The minimum atomic E-state index is 0.165. The Kier molecular flexibility index (Phi) is 10.8. The maximum atomic E-state index is 3.30. The van der Waals surface area contributed by atoms with Crippen LogP contribution in [0.2, 0.25) is 0 Å². The second kappa shape index (κ2) is 17.2. The van der Waals surface area contributed by atoms with Gasteiger partial charge in [-0.3, -0.25) is 4.90 Å². The first-order chi connectivity index (χ1) is 33.3. The molecule has 67 heavy (non-hydrogen) atoms. The zero-order chi connectivity index (χ0) is 44.1. The van der Waals surface area contributed by atoms with E-state index in [1.54, 1.807) is 11.3 Å². The molecule has 1 spiro atoms. The Balaban J connectivity index is 0.862. The van der Waals surface area contributed by atoms with E-state index in [1.807, 2.05) is 39.0 Å². The summed E-state index contributed by atoms with van der Waals surface area (Å²) in [5.41, 5.74) is 19.9. The Morgan fingerprint density at radius 3 is 2.34 bits per heavy atom. The maximum absolute atomic E-state index is 3.30. The zero-order valence-electron chi connectivity index (χ0n) is 40.7. The van der Waals surface area contributed by atoms with Gasteiger partial charge in [-0.15, -0.1) is 0 Å². The molecule has 2 heteroatoms. The smallest absolute Gasteiger partial charge is 0.0591 e. The van der Waals surface area contributed by atoms with Gasteiger partial charge in [-0.05, 0) is 213 Å². The largest absolute Gasteiger partial charge is 0.338 e. The third-order valence-electron chi connectivity index (χ3n) is 21.1. The van der Waals surface area contributed by atoms with Crippen LogP contribution in [0.1, 0.15) is 161 Å². The Morgan fingerprint density at radius 2 is 1.42 bits per heavy atom. The lowest BCUT2D eigenvalue weighted by Gasteiger charge is -2.53.